The first-order chi connectivity index (χ1) is 7.63. The second-order valence-corrected chi connectivity index (χ2v) is 4.63. The van der Waals surface area contributed by atoms with Crippen LogP contribution in [0.1, 0.15) is 33.6 Å². The molecule has 1 atom stereocenters. The highest BCUT2D eigenvalue weighted by molar-refractivity contribution is 5.72. The van der Waals surface area contributed by atoms with E-state index in [2.05, 4.69) is 24.8 Å². The van der Waals surface area contributed by atoms with Crippen LogP contribution in [-0.2, 0) is 9.53 Å². The van der Waals surface area contributed by atoms with Crippen molar-refractivity contribution in [3.63, 3.8) is 0 Å². The molecule has 1 aliphatic heterocycles. The van der Waals surface area contributed by atoms with Gasteiger partial charge in [-0.3, -0.25) is 9.69 Å². The van der Waals surface area contributed by atoms with Crippen molar-refractivity contribution >= 4 is 5.97 Å². The lowest BCUT2D eigenvalue weighted by Gasteiger charge is -2.30. The summed E-state index contributed by atoms with van der Waals surface area (Å²) in [5.74, 6) is 0.0589. The number of carbonyl (C=O) groups excluding carboxylic acids is 1. The highest BCUT2D eigenvalue weighted by Gasteiger charge is 2.25. The molecule has 0 saturated carbocycles. The van der Waals surface area contributed by atoms with Crippen LogP contribution in [0.2, 0.25) is 0 Å². The Morgan fingerprint density at radius 3 is 2.88 bits per heavy atom. The SMILES string of the molecule is CCOC(=O)C1CCCN(CC=C(C)C)C1. The van der Waals surface area contributed by atoms with E-state index >= 15 is 0 Å². The molecule has 1 aliphatic rings. The van der Waals surface area contributed by atoms with Crippen molar-refractivity contribution < 1.29 is 9.53 Å². The highest BCUT2D eigenvalue weighted by Crippen LogP contribution is 2.17. The Morgan fingerprint density at radius 2 is 2.25 bits per heavy atom. The van der Waals surface area contributed by atoms with Crippen molar-refractivity contribution in [1.29, 1.82) is 0 Å². The molecule has 0 amide bonds. The molecule has 0 spiro atoms. The molecule has 0 radical (unpaired) electrons. The normalized spacial score (nSPS) is 21.6. The molecule has 1 unspecified atom stereocenters. The molecule has 0 aliphatic carbocycles. The van der Waals surface area contributed by atoms with Crippen molar-refractivity contribution in [3.05, 3.63) is 11.6 Å². The maximum absolute atomic E-state index is 11.6. The molecule has 1 heterocycles. The number of hydrogen-bond donors (Lipinski definition) is 0. The summed E-state index contributed by atoms with van der Waals surface area (Å²) in [5, 5.41) is 0. The van der Waals surface area contributed by atoms with E-state index in [1.54, 1.807) is 0 Å². The number of rotatable bonds is 4. The maximum atomic E-state index is 11.6. The molecule has 0 bridgehead atoms. The minimum Gasteiger partial charge on any atom is -0.466 e. The maximum Gasteiger partial charge on any atom is 0.310 e. The third-order valence-electron chi connectivity index (χ3n) is 2.88. The van der Waals surface area contributed by atoms with Crippen LogP contribution in [0.25, 0.3) is 0 Å². The molecule has 92 valence electrons. The summed E-state index contributed by atoms with van der Waals surface area (Å²) >= 11 is 0. The lowest BCUT2D eigenvalue weighted by Crippen LogP contribution is -2.39. The van der Waals surface area contributed by atoms with E-state index in [9.17, 15) is 4.79 Å². The number of nitrogens with zero attached hydrogens (tertiary/aromatic N) is 1. The molecule has 0 aromatic rings. The summed E-state index contributed by atoms with van der Waals surface area (Å²) in [5.41, 5.74) is 1.33. The Hall–Kier alpha value is -0.830. The van der Waals surface area contributed by atoms with Crippen LogP contribution in [0.4, 0.5) is 0 Å². The molecule has 3 heteroatoms. The molecule has 3 nitrogen and oxygen atoms in total. The van der Waals surface area contributed by atoms with Gasteiger partial charge in [0, 0.05) is 13.1 Å². The van der Waals surface area contributed by atoms with Crippen LogP contribution in [0.15, 0.2) is 11.6 Å². The lowest BCUT2D eigenvalue weighted by molar-refractivity contribution is -0.149. The van der Waals surface area contributed by atoms with E-state index < -0.39 is 0 Å². The van der Waals surface area contributed by atoms with Crippen LogP contribution in [0.3, 0.4) is 0 Å². The fourth-order valence-electron chi connectivity index (χ4n) is 1.99. The summed E-state index contributed by atoms with van der Waals surface area (Å²) in [6.45, 7) is 9.46. The van der Waals surface area contributed by atoms with Crippen LogP contribution < -0.4 is 0 Å². The second kappa shape index (κ2) is 6.69. The van der Waals surface area contributed by atoms with E-state index in [1.807, 2.05) is 6.92 Å². The zero-order valence-electron chi connectivity index (χ0n) is 10.7. The van der Waals surface area contributed by atoms with Gasteiger partial charge in [-0.05, 0) is 40.2 Å². The average molecular weight is 225 g/mol. The van der Waals surface area contributed by atoms with Gasteiger partial charge in [-0.2, -0.15) is 0 Å². The first-order valence-electron chi connectivity index (χ1n) is 6.15. The average Bonchev–Trinajstić information content (AvgIpc) is 2.27. The minimum absolute atomic E-state index is 0.0237. The van der Waals surface area contributed by atoms with Gasteiger partial charge >= 0.3 is 5.97 Å². The molecule has 16 heavy (non-hydrogen) atoms. The molecule has 1 rings (SSSR count). The fraction of sp³-hybridized carbons (Fsp3) is 0.769. The monoisotopic (exact) mass is 225 g/mol. The summed E-state index contributed by atoms with van der Waals surface area (Å²) in [4.78, 5) is 13.9. The van der Waals surface area contributed by atoms with Crippen LogP contribution in [-0.4, -0.2) is 37.1 Å². The number of ether oxygens (including phenoxy) is 1. The first kappa shape index (κ1) is 13.2. The smallest absolute Gasteiger partial charge is 0.310 e. The van der Waals surface area contributed by atoms with Gasteiger partial charge in [0.05, 0.1) is 12.5 Å². The van der Waals surface area contributed by atoms with Gasteiger partial charge in [0.2, 0.25) is 0 Å². The largest absolute Gasteiger partial charge is 0.466 e. The van der Waals surface area contributed by atoms with Crippen molar-refractivity contribution in [2.75, 3.05) is 26.2 Å². The van der Waals surface area contributed by atoms with Gasteiger partial charge in [-0.1, -0.05) is 11.6 Å². The van der Waals surface area contributed by atoms with Gasteiger partial charge in [0.25, 0.3) is 0 Å². The molecule has 1 fully saturated rings. The number of hydrogen-bond acceptors (Lipinski definition) is 3. The van der Waals surface area contributed by atoms with Crippen molar-refractivity contribution in [3.8, 4) is 0 Å². The summed E-state index contributed by atoms with van der Waals surface area (Å²) in [7, 11) is 0. The predicted octanol–water partition coefficient (Wildman–Crippen LogP) is 2.23. The molecule has 0 N–H and O–H groups in total. The highest BCUT2D eigenvalue weighted by atomic mass is 16.5. The van der Waals surface area contributed by atoms with E-state index in [1.165, 1.54) is 5.57 Å². The zero-order valence-corrected chi connectivity index (χ0v) is 10.7. The number of allylic oxidation sites excluding steroid dienone is 1. The molecular formula is C13H23NO2. The third-order valence-corrected chi connectivity index (χ3v) is 2.88. The summed E-state index contributed by atoms with van der Waals surface area (Å²) in [6.07, 6.45) is 4.29. The number of esters is 1. The number of piperidine rings is 1. The zero-order chi connectivity index (χ0) is 12.0. The van der Waals surface area contributed by atoms with Crippen molar-refractivity contribution in [2.24, 2.45) is 5.92 Å². The van der Waals surface area contributed by atoms with Crippen molar-refractivity contribution in [2.45, 2.75) is 33.6 Å². The Labute approximate surface area is 98.5 Å². The van der Waals surface area contributed by atoms with E-state index in [4.69, 9.17) is 4.74 Å². The standard InChI is InChI=1S/C13H23NO2/c1-4-16-13(15)12-6-5-8-14(10-12)9-7-11(2)3/h7,12H,4-6,8-10H2,1-3H3. The van der Waals surface area contributed by atoms with Gasteiger partial charge in [-0.25, -0.2) is 0 Å². The fourth-order valence-corrected chi connectivity index (χ4v) is 1.99. The topological polar surface area (TPSA) is 29.5 Å². The van der Waals surface area contributed by atoms with E-state index in [0.717, 1.165) is 32.5 Å². The Balaban J connectivity index is 2.40. The lowest BCUT2D eigenvalue weighted by atomic mass is 9.98. The Morgan fingerprint density at radius 1 is 1.50 bits per heavy atom. The quantitative estimate of drug-likeness (QED) is 0.543. The first-order valence-corrected chi connectivity index (χ1v) is 6.15. The van der Waals surface area contributed by atoms with E-state index in [0.29, 0.717) is 6.61 Å². The van der Waals surface area contributed by atoms with Crippen LogP contribution in [0.5, 0.6) is 0 Å². The van der Waals surface area contributed by atoms with E-state index in [-0.39, 0.29) is 11.9 Å². The number of carbonyl (C=O) groups is 1. The van der Waals surface area contributed by atoms with Crippen molar-refractivity contribution in [1.82, 2.24) is 4.90 Å². The van der Waals surface area contributed by atoms with Crippen LogP contribution in [0, 0.1) is 5.92 Å². The third kappa shape index (κ3) is 4.35. The summed E-state index contributed by atoms with van der Waals surface area (Å²) in [6, 6.07) is 0. The number of likely N-dealkylation sites (tertiary alicyclic amines) is 1. The molecule has 0 aromatic heterocycles. The predicted molar refractivity (Wildman–Crippen MR) is 65.2 cm³/mol. The molecule has 1 saturated heterocycles. The Kier molecular flexibility index (Phi) is 5.53. The summed E-state index contributed by atoms with van der Waals surface area (Å²) < 4.78 is 5.07. The second-order valence-electron chi connectivity index (χ2n) is 4.63. The minimum atomic E-state index is -0.0237. The van der Waals surface area contributed by atoms with Gasteiger partial charge in [-0.15, -0.1) is 0 Å². The van der Waals surface area contributed by atoms with Crippen LogP contribution >= 0.6 is 0 Å². The van der Waals surface area contributed by atoms with Gasteiger partial charge < -0.3 is 4.74 Å². The molecular weight excluding hydrogens is 202 g/mol. The van der Waals surface area contributed by atoms with Gasteiger partial charge in [0.15, 0.2) is 0 Å². The molecule has 0 aromatic carbocycles. The van der Waals surface area contributed by atoms with Gasteiger partial charge in [0.1, 0.15) is 0 Å². The Bertz CT molecular complexity index is 257.